The van der Waals surface area contributed by atoms with Gasteiger partial charge in [-0.15, -0.1) is 0 Å². The van der Waals surface area contributed by atoms with Crippen LogP contribution >= 0.6 is 0 Å². The molecule has 0 radical (unpaired) electrons. The Bertz CT molecular complexity index is 1220. The molecular formula is C28H29F6NO4. The van der Waals surface area contributed by atoms with E-state index in [-0.39, 0.29) is 18.2 Å². The van der Waals surface area contributed by atoms with Crippen LogP contribution in [0.4, 0.5) is 31.1 Å². The van der Waals surface area contributed by atoms with Crippen LogP contribution in [0, 0.1) is 0 Å². The van der Waals surface area contributed by atoms with Crippen molar-refractivity contribution in [2.45, 2.75) is 63.7 Å². The monoisotopic (exact) mass is 557 g/mol. The molecule has 2 atom stereocenters. The fourth-order valence-electron chi connectivity index (χ4n) is 5.24. The number of hydrogen-bond acceptors (Lipinski definition) is 4. The van der Waals surface area contributed by atoms with Crippen LogP contribution in [-0.2, 0) is 28.4 Å². The van der Waals surface area contributed by atoms with Gasteiger partial charge in [0.15, 0.2) is 0 Å². The summed E-state index contributed by atoms with van der Waals surface area (Å²) >= 11 is 0. The quantitative estimate of drug-likeness (QED) is 0.326. The zero-order chi connectivity index (χ0) is 28.5. The second-order valence-electron chi connectivity index (χ2n) is 9.76. The highest BCUT2D eigenvalue weighted by molar-refractivity contribution is 5.75. The number of hydrogen-bond donors (Lipinski definition) is 0. The van der Waals surface area contributed by atoms with Crippen LogP contribution < -0.4 is 4.74 Å². The standard InChI is InChI=1S/C28H29F6NO4/c1-16-25(18-10-20(27(29,30)31)13-21(11-18)28(32,33)34)39-26(36)35(16)14-17-6-4-5-7-23(17)24-9-8-22(38-3)12-19(24)15-37-2/h8-13,16,25H,4-7,14-15H2,1-3H3/t16-,25-/m0/s1. The van der Waals surface area contributed by atoms with Crippen molar-refractivity contribution in [3.63, 3.8) is 0 Å². The number of benzene rings is 2. The predicted octanol–water partition coefficient (Wildman–Crippen LogP) is 7.79. The Morgan fingerprint density at radius 2 is 1.59 bits per heavy atom. The molecule has 2 aromatic carbocycles. The molecule has 0 bridgehead atoms. The maximum atomic E-state index is 13.4. The Morgan fingerprint density at radius 3 is 2.18 bits per heavy atom. The third-order valence-electron chi connectivity index (χ3n) is 7.21. The molecule has 212 valence electrons. The lowest BCUT2D eigenvalue weighted by atomic mass is 9.85. The second kappa shape index (κ2) is 11.1. The van der Waals surface area contributed by atoms with E-state index < -0.39 is 41.7 Å². The van der Waals surface area contributed by atoms with E-state index in [1.54, 1.807) is 21.1 Å². The highest BCUT2D eigenvalue weighted by Crippen LogP contribution is 2.42. The summed E-state index contributed by atoms with van der Waals surface area (Å²) in [6.45, 7) is 2.05. The summed E-state index contributed by atoms with van der Waals surface area (Å²) in [4.78, 5) is 14.3. The van der Waals surface area contributed by atoms with Crippen LogP contribution in [0.15, 0.2) is 42.0 Å². The summed E-state index contributed by atoms with van der Waals surface area (Å²) in [5, 5.41) is 0. The van der Waals surface area contributed by atoms with Crippen LogP contribution in [0.25, 0.3) is 5.57 Å². The van der Waals surface area contributed by atoms with Gasteiger partial charge in [0, 0.05) is 13.7 Å². The first kappa shape index (κ1) is 28.8. The number of amides is 1. The van der Waals surface area contributed by atoms with E-state index in [1.807, 2.05) is 18.2 Å². The fraction of sp³-hybridized carbons (Fsp3) is 0.464. The highest BCUT2D eigenvalue weighted by Gasteiger charge is 2.43. The number of nitrogens with zero attached hydrogens (tertiary/aromatic N) is 1. The predicted molar refractivity (Wildman–Crippen MR) is 131 cm³/mol. The molecule has 2 aliphatic rings. The molecule has 2 aromatic rings. The largest absolute Gasteiger partial charge is 0.497 e. The maximum Gasteiger partial charge on any atom is 0.416 e. The Hall–Kier alpha value is -3.21. The average molecular weight is 558 g/mol. The minimum atomic E-state index is -5.00. The zero-order valence-electron chi connectivity index (χ0n) is 21.7. The van der Waals surface area contributed by atoms with Gasteiger partial charge in [0.25, 0.3) is 0 Å². The molecule has 0 spiro atoms. The van der Waals surface area contributed by atoms with Crippen molar-refractivity contribution in [2.75, 3.05) is 20.8 Å². The van der Waals surface area contributed by atoms with Crippen molar-refractivity contribution >= 4 is 11.7 Å². The van der Waals surface area contributed by atoms with Crippen LogP contribution in [0.5, 0.6) is 5.75 Å². The first-order chi connectivity index (χ1) is 18.3. The van der Waals surface area contributed by atoms with Gasteiger partial charge in [0.1, 0.15) is 11.9 Å². The van der Waals surface area contributed by atoms with Crippen molar-refractivity contribution < 1.29 is 45.3 Å². The van der Waals surface area contributed by atoms with E-state index in [0.29, 0.717) is 30.9 Å². The van der Waals surface area contributed by atoms with E-state index in [1.165, 1.54) is 4.90 Å². The van der Waals surface area contributed by atoms with Crippen molar-refractivity contribution in [1.29, 1.82) is 0 Å². The molecule has 0 unspecified atom stereocenters. The number of ether oxygens (including phenoxy) is 3. The van der Waals surface area contributed by atoms with Crippen LogP contribution in [0.2, 0.25) is 0 Å². The zero-order valence-corrected chi connectivity index (χ0v) is 21.7. The first-order valence-corrected chi connectivity index (χ1v) is 12.5. The Morgan fingerprint density at radius 1 is 0.949 bits per heavy atom. The number of alkyl halides is 6. The third kappa shape index (κ3) is 6.18. The van der Waals surface area contributed by atoms with Gasteiger partial charge in [-0.2, -0.15) is 26.3 Å². The number of rotatable bonds is 7. The van der Waals surface area contributed by atoms with Gasteiger partial charge < -0.3 is 14.2 Å². The van der Waals surface area contributed by atoms with E-state index in [2.05, 4.69) is 0 Å². The van der Waals surface area contributed by atoms with Crippen LogP contribution in [0.1, 0.15) is 66.5 Å². The minimum Gasteiger partial charge on any atom is -0.497 e. The molecule has 0 saturated carbocycles. The van der Waals surface area contributed by atoms with Gasteiger partial charge >= 0.3 is 18.4 Å². The van der Waals surface area contributed by atoms with E-state index >= 15 is 0 Å². The van der Waals surface area contributed by atoms with Gasteiger partial charge in [0.05, 0.1) is 30.9 Å². The number of cyclic esters (lactones) is 1. The molecule has 1 aliphatic carbocycles. The highest BCUT2D eigenvalue weighted by atomic mass is 19.4. The fourth-order valence-corrected chi connectivity index (χ4v) is 5.24. The molecule has 39 heavy (non-hydrogen) atoms. The summed E-state index contributed by atoms with van der Waals surface area (Å²) in [5.74, 6) is 0.669. The molecule has 5 nitrogen and oxygen atoms in total. The lowest BCUT2D eigenvalue weighted by Gasteiger charge is -2.28. The summed E-state index contributed by atoms with van der Waals surface area (Å²) in [7, 11) is 3.15. The minimum absolute atomic E-state index is 0.0638. The summed E-state index contributed by atoms with van der Waals surface area (Å²) in [6, 6.07) is 6.15. The van der Waals surface area contributed by atoms with Crippen molar-refractivity contribution in [3.05, 3.63) is 69.8 Å². The van der Waals surface area contributed by atoms with Gasteiger partial charge in [-0.05, 0) is 90.8 Å². The lowest BCUT2D eigenvalue weighted by Crippen LogP contribution is -2.34. The number of methoxy groups -OCH3 is 2. The molecule has 0 N–H and O–H groups in total. The molecular weight excluding hydrogens is 528 g/mol. The summed E-state index contributed by atoms with van der Waals surface area (Å²) in [5.41, 5.74) is 0.622. The second-order valence-corrected chi connectivity index (χ2v) is 9.76. The number of carbonyl (C=O) groups excluding carboxylic acids is 1. The smallest absolute Gasteiger partial charge is 0.416 e. The number of halogens is 6. The molecule has 1 aliphatic heterocycles. The van der Waals surface area contributed by atoms with E-state index in [9.17, 15) is 31.1 Å². The molecule has 0 aromatic heterocycles. The maximum absolute atomic E-state index is 13.4. The molecule has 1 amide bonds. The molecule has 1 saturated heterocycles. The van der Waals surface area contributed by atoms with Crippen molar-refractivity contribution in [1.82, 2.24) is 4.90 Å². The Kier molecular flexibility index (Phi) is 8.20. The van der Waals surface area contributed by atoms with Crippen LogP contribution in [-0.4, -0.2) is 37.8 Å². The van der Waals surface area contributed by atoms with Crippen molar-refractivity contribution in [2.24, 2.45) is 0 Å². The van der Waals surface area contributed by atoms with Gasteiger partial charge in [-0.3, -0.25) is 4.90 Å². The first-order valence-electron chi connectivity index (χ1n) is 12.5. The van der Waals surface area contributed by atoms with Gasteiger partial charge in [-0.25, -0.2) is 4.79 Å². The number of allylic oxidation sites excluding steroid dienone is 1. The molecule has 11 heteroatoms. The summed E-state index contributed by atoms with van der Waals surface area (Å²) in [6.07, 6.45) is -8.81. The SMILES string of the molecule is COCc1cc(OC)ccc1C1=C(CN2C(=O)O[C@H](c3cc(C(F)(F)F)cc(C(F)(F)F)c3)[C@@H]2C)CCCC1. The molecule has 4 rings (SSSR count). The van der Waals surface area contributed by atoms with Gasteiger partial charge in [0.2, 0.25) is 0 Å². The summed E-state index contributed by atoms with van der Waals surface area (Å²) < 4.78 is 96.6. The third-order valence-corrected chi connectivity index (χ3v) is 7.21. The Labute approximate surface area is 222 Å². The normalized spacial score (nSPS) is 20.4. The molecule has 1 heterocycles. The molecule has 1 fully saturated rings. The lowest BCUT2D eigenvalue weighted by molar-refractivity contribution is -0.143. The van der Waals surface area contributed by atoms with E-state index in [4.69, 9.17) is 14.2 Å². The van der Waals surface area contributed by atoms with Crippen LogP contribution in [0.3, 0.4) is 0 Å². The van der Waals surface area contributed by atoms with Gasteiger partial charge in [-0.1, -0.05) is 6.07 Å². The Balaban J connectivity index is 1.68. The van der Waals surface area contributed by atoms with Crippen molar-refractivity contribution in [3.8, 4) is 5.75 Å². The van der Waals surface area contributed by atoms with E-state index in [0.717, 1.165) is 41.5 Å². The average Bonchev–Trinajstić information content (AvgIpc) is 3.16. The number of carbonyl (C=O) groups is 1. The topological polar surface area (TPSA) is 48.0 Å².